The molecule has 0 saturated heterocycles. The molecule has 3 rings (SSSR count). The van der Waals surface area contributed by atoms with Gasteiger partial charge in [-0.15, -0.1) is 0 Å². The molecule has 0 bridgehead atoms. The fraction of sp³-hybridized carbons (Fsp3) is 0.500. The molecule has 0 aliphatic heterocycles. The molecule has 22 heavy (non-hydrogen) atoms. The second kappa shape index (κ2) is 6.09. The number of amides is 1. The maximum atomic E-state index is 12.3. The van der Waals surface area contributed by atoms with Crippen molar-refractivity contribution < 1.29 is 14.7 Å². The molecule has 4 atom stereocenters. The van der Waals surface area contributed by atoms with E-state index in [0.29, 0.717) is 22.9 Å². The fourth-order valence-corrected chi connectivity index (χ4v) is 3.82. The molecule has 2 saturated carbocycles. The Labute approximate surface area is 138 Å². The smallest absolute Gasteiger partial charge is 0.306 e. The third-order valence-electron chi connectivity index (χ3n) is 4.62. The molecule has 6 heteroatoms. The summed E-state index contributed by atoms with van der Waals surface area (Å²) in [4.78, 5) is 23.2. The Morgan fingerprint density at radius 3 is 2.59 bits per heavy atom. The van der Waals surface area contributed by atoms with Crippen LogP contribution in [0.5, 0.6) is 0 Å². The van der Waals surface area contributed by atoms with E-state index in [2.05, 4.69) is 5.32 Å². The van der Waals surface area contributed by atoms with Crippen molar-refractivity contribution in [3.8, 4) is 0 Å². The van der Waals surface area contributed by atoms with Gasteiger partial charge in [0.05, 0.1) is 5.92 Å². The Morgan fingerprint density at radius 2 is 1.95 bits per heavy atom. The molecule has 2 aliphatic carbocycles. The van der Waals surface area contributed by atoms with Crippen LogP contribution in [-0.4, -0.2) is 23.0 Å². The van der Waals surface area contributed by atoms with Gasteiger partial charge in [0, 0.05) is 22.0 Å². The Bertz CT molecular complexity index is 619. The first kappa shape index (κ1) is 15.6. The maximum Gasteiger partial charge on any atom is 0.306 e. The lowest BCUT2D eigenvalue weighted by molar-refractivity contribution is -0.141. The van der Waals surface area contributed by atoms with Crippen LogP contribution >= 0.6 is 23.2 Å². The molecular formula is C16H17Cl2NO3. The monoisotopic (exact) mass is 341 g/mol. The number of carbonyl (C=O) groups is 2. The summed E-state index contributed by atoms with van der Waals surface area (Å²) in [7, 11) is 0. The highest BCUT2D eigenvalue weighted by atomic mass is 35.5. The number of halogens is 2. The molecule has 1 aromatic rings. The van der Waals surface area contributed by atoms with Crippen LogP contribution in [0.3, 0.4) is 0 Å². The minimum absolute atomic E-state index is 0.00653. The van der Waals surface area contributed by atoms with Crippen LogP contribution in [0.4, 0.5) is 0 Å². The van der Waals surface area contributed by atoms with E-state index in [4.69, 9.17) is 28.3 Å². The summed E-state index contributed by atoms with van der Waals surface area (Å²) >= 11 is 12.1. The summed E-state index contributed by atoms with van der Waals surface area (Å²) in [6, 6.07) is 5.33. The highest BCUT2D eigenvalue weighted by Crippen LogP contribution is 2.50. The predicted molar refractivity (Wildman–Crippen MR) is 84.2 cm³/mol. The van der Waals surface area contributed by atoms with Gasteiger partial charge in [-0.25, -0.2) is 0 Å². The van der Waals surface area contributed by atoms with E-state index in [1.807, 2.05) is 6.07 Å². The van der Waals surface area contributed by atoms with Crippen LogP contribution < -0.4 is 5.32 Å². The van der Waals surface area contributed by atoms with Crippen molar-refractivity contribution in [2.24, 2.45) is 11.8 Å². The zero-order chi connectivity index (χ0) is 15.9. The molecular weight excluding hydrogens is 325 g/mol. The SMILES string of the molecule is O=C(N[C@H]1CC[C@@H](C(=O)O)C1)C1CC1c1ccc(Cl)cc1Cl. The van der Waals surface area contributed by atoms with E-state index in [9.17, 15) is 9.59 Å². The average molecular weight is 342 g/mol. The number of carboxylic acid groups (broad SMARTS) is 1. The standard InChI is InChI=1S/C16H17Cl2NO3/c17-9-2-4-11(14(18)6-9)12-7-13(12)15(20)19-10-3-1-8(5-10)16(21)22/h2,4,6,8,10,12-13H,1,3,5,7H2,(H,19,20)(H,21,22)/t8-,10+,12?,13?/m1/s1. The third-order valence-corrected chi connectivity index (χ3v) is 5.18. The van der Waals surface area contributed by atoms with Crippen LogP contribution in [0.25, 0.3) is 0 Å². The minimum atomic E-state index is -0.769. The topological polar surface area (TPSA) is 66.4 Å². The summed E-state index contributed by atoms with van der Waals surface area (Å²) in [5.41, 5.74) is 0.959. The van der Waals surface area contributed by atoms with Crippen LogP contribution in [0.1, 0.15) is 37.2 Å². The fourth-order valence-electron chi connectivity index (χ4n) is 3.28. The second-order valence-electron chi connectivity index (χ2n) is 6.17. The van der Waals surface area contributed by atoms with E-state index in [1.165, 1.54) is 0 Å². The van der Waals surface area contributed by atoms with E-state index < -0.39 is 5.97 Å². The molecule has 0 aromatic heterocycles. The van der Waals surface area contributed by atoms with Crippen molar-refractivity contribution in [1.82, 2.24) is 5.32 Å². The zero-order valence-electron chi connectivity index (χ0n) is 11.9. The minimum Gasteiger partial charge on any atom is -0.481 e. The van der Waals surface area contributed by atoms with Crippen molar-refractivity contribution in [2.75, 3.05) is 0 Å². The molecule has 4 nitrogen and oxygen atoms in total. The average Bonchev–Trinajstić information content (AvgIpc) is 3.10. The largest absolute Gasteiger partial charge is 0.481 e. The zero-order valence-corrected chi connectivity index (χ0v) is 13.4. The first-order valence-electron chi connectivity index (χ1n) is 7.44. The molecule has 1 aromatic carbocycles. The van der Waals surface area contributed by atoms with Crippen molar-refractivity contribution in [3.63, 3.8) is 0 Å². The van der Waals surface area contributed by atoms with Crippen molar-refractivity contribution >= 4 is 35.1 Å². The lowest BCUT2D eigenvalue weighted by atomic mass is 10.1. The number of carbonyl (C=O) groups excluding carboxylic acids is 1. The van der Waals surface area contributed by atoms with Gasteiger partial charge in [0.25, 0.3) is 0 Å². The van der Waals surface area contributed by atoms with Gasteiger partial charge in [-0.3, -0.25) is 9.59 Å². The number of aliphatic carboxylic acids is 1. The van der Waals surface area contributed by atoms with E-state index in [-0.39, 0.29) is 29.7 Å². The number of benzene rings is 1. The Morgan fingerprint density at radius 1 is 1.18 bits per heavy atom. The van der Waals surface area contributed by atoms with Gasteiger partial charge < -0.3 is 10.4 Å². The van der Waals surface area contributed by atoms with Gasteiger partial charge in [-0.05, 0) is 49.3 Å². The van der Waals surface area contributed by atoms with E-state index >= 15 is 0 Å². The molecule has 1 amide bonds. The lowest BCUT2D eigenvalue weighted by Crippen LogP contribution is -2.34. The highest BCUT2D eigenvalue weighted by Gasteiger charge is 2.45. The van der Waals surface area contributed by atoms with Crippen molar-refractivity contribution in [2.45, 2.75) is 37.6 Å². The molecule has 2 unspecified atom stereocenters. The van der Waals surface area contributed by atoms with Crippen LogP contribution in [0.2, 0.25) is 10.0 Å². The Kier molecular flexibility index (Phi) is 4.33. The van der Waals surface area contributed by atoms with Gasteiger partial charge in [0.15, 0.2) is 0 Å². The number of hydrogen-bond acceptors (Lipinski definition) is 2. The molecule has 2 fully saturated rings. The number of nitrogens with one attached hydrogen (secondary N) is 1. The molecule has 118 valence electrons. The van der Waals surface area contributed by atoms with Gasteiger partial charge in [-0.1, -0.05) is 29.3 Å². The third kappa shape index (κ3) is 3.23. The summed E-state index contributed by atoms with van der Waals surface area (Å²) in [5.74, 6) is -1.02. The van der Waals surface area contributed by atoms with Crippen LogP contribution in [0.15, 0.2) is 18.2 Å². The van der Waals surface area contributed by atoms with Gasteiger partial charge in [0.2, 0.25) is 5.91 Å². The summed E-state index contributed by atoms with van der Waals surface area (Å²) in [6.45, 7) is 0. The first-order chi connectivity index (χ1) is 10.5. The van der Waals surface area contributed by atoms with Gasteiger partial charge >= 0.3 is 5.97 Å². The second-order valence-corrected chi connectivity index (χ2v) is 7.01. The number of hydrogen-bond donors (Lipinski definition) is 2. The molecule has 0 radical (unpaired) electrons. The van der Waals surface area contributed by atoms with Gasteiger partial charge in [-0.2, -0.15) is 0 Å². The van der Waals surface area contributed by atoms with Crippen molar-refractivity contribution in [1.29, 1.82) is 0 Å². The van der Waals surface area contributed by atoms with E-state index in [1.54, 1.807) is 12.1 Å². The summed E-state index contributed by atoms with van der Waals surface area (Å²) in [5, 5.41) is 13.2. The molecule has 2 N–H and O–H groups in total. The van der Waals surface area contributed by atoms with E-state index in [0.717, 1.165) is 18.4 Å². The van der Waals surface area contributed by atoms with Crippen LogP contribution in [0, 0.1) is 11.8 Å². The molecule has 2 aliphatic rings. The number of rotatable bonds is 4. The molecule has 0 heterocycles. The van der Waals surface area contributed by atoms with Crippen molar-refractivity contribution in [3.05, 3.63) is 33.8 Å². The maximum absolute atomic E-state index is 12.3. The highest BCUT2D eigenvalue weighted by molar-refractivity contribution is 6.35. The number of carboxylic acids is 1. The predicted octanol–water partition coefficient (Wildman–Crippen LogP) is 3.47. The molecule has 0 spiro atoms. The van der Waals surface area contributed by atoms with Crippen LogP contribution in [-0.2, 0) is 9.59 Å². The van der Waals surface area contributed by atoms with Gasteiger partial charge in [0.1, 0.15) is 0 Å². The first-order valence-corrected chi connectivity index (χ1v) is 8.19. The normalized spacial score (nSPS) is 30.1. The Hall–Kier alpha value is -1.26. The summed E-state index contributed by atoms with van der Waals surface area (Å²) < 4.78 is 0. The lowest BCUT2D eigenvalue weighted by Gasteiger charge is -2.12. The summed E-state index contributed by atoms with van der Waals surface area (Å²) in [6.07, 6.45) is 2.68. The Balaban J connectivity index is 1.56. The quantitative estimate of drug-likeness (QED) is 0.881.